The van der Waals surface area contributed by atoms with Gasteiger partial charge in [-0.25, -0.2) is 8.42 Å². The van der Waals surface area contributed by atoms with Crippen LogP contribution < -0.4 is 0 Å². The molecule has 0 atom stereocenters. The molecule has 0 fully saturated rings. The fourth-order valence-electron chi connectivity index (χ4n) is 2.32. The Morgan fingerprint density at radius 1 is 1.24 bits per heavy atom. The summed E-state index contributed by atoms with van der Waals surface area (Å²) in [5, 5.41) is 0. The minimum absolute atomic E-state index is 0.0329. The summed E-state index contributed by atoms with van der Waals surface area (Å²) in [6.07, 6.45) is 4.41. The Hall–Kier alpha value is -2.10. The van der Waals surface area contributed by atoms with Crippen LogP contribution in [0.5, 0.6) is 0 Å². The first kappa shape index (κ1) is 19.2. The summed E-state index contributed by atoms with van der Waals surface area (Å²) >= 11 is 0. The Bertz CT molecular complexity index is 798. The molecule has 0 aliphatic heterocycles. The van der Waals surface area contributed by atoms with Gasteiger partial charge in [0.2, 0.25) is 10.0 Å². The van der Waals surface area contributed by atoms with E-state index in [9.17, 15) is 13.2 Å². The van der Waals surface area contributed by atoms with Gasteiger partial charge in [0.15, 0.2) is 6.61 Å². The van der Waals surface area contributed by atoms with E-state index in [0.717, 1.165) is 24.0 Å². The van der Waals surface area contributed by atoms with E-state index >= 15 is 0 Å². The summed E-state index contributed by atoms with van der Waals surface area (Å²) in [6, 6.07) is 6.87. The van der Waals surface area contributed by atoms with E-state index in [1.165, 1.54) is 11.2 Å². The predicted octanol–water partition coefficient (Wildman–Crippen LogP) is 2.66. The second-order valence-corrected chi connectivity index (χ2v) is 7.87. The molecule has 0 aromatic heterocycles. The highest BCUT2D eigenvalue weighted by atomic mass is 32.2. The van der Waals surface area contributed by atoms with Crippen LogP contribution in [0.15, 0.2) is 40.8 Å². The lowest BCUT2D eigenvalue weighted by atomic mass is 9.99. The number of esters is 1. The Labute approximate surface area is 149 Å². The monoisotopic (exact) mass is 361 g/mol. The first-order chi connectivity index (χ1) is 11.9. The van der Waals surface area contributed by atoms with Crippen molar-refractivity contribution in [2.75, 3.05) is 19.7 Å². The largest absolute Gasteiger partial charge is 0.453 e. The van der Waals surface area contributed by atoms with Crippen molar-refractivity contribution >= 4 is 16.0 Å². The highest BCUT2D eigenvalue weighted by Crippen LogP contribution is 2.23. The molecule has 5 nitrogen and oxygen atoms in total. The first-order valence-electron chi connectivity index (χ1n) is 8.23. The third-order valence-corrected chi connectivity index (χ3v) is 5.75. The molecule has 1 aliphatic carbocycles. The number of ether oxygens (including phenoxy) is 1. The van der Waals surface area contributed by atoms with Crippen LogP contribution in [0.25, 0.3) is 0 Å². The summed E-state index contributed by atoms with van der Waals surface area (Å²) in [6.45, 7) is 3.99. The summed E-state index contributed by atoms with van der Waals surface area (Å²) in [5.41, 5.74) is 2.16. The lowest BCUT2D eigenvalue weighted by molar-refractivity contribution is -0.139. The molecule has 1 aliphatic rings. The molecule has 6 heteroatoms. The number of carbonyl (C=O) groups excluding carboxylic acids is 1. The molecule has 25 heavy (non-hydrogen) atoms. The van der Waals surface area contributed by atoms with E-state index in [0.29, 0.717) is 24.4 Å². The van der Waals surface area contributed by atoms with Crippen molar-refractivity contribution in [1.29, 1.82) is 0 Å². The number of aryl methyl sites for hydroxylation is 1. The zero-order valence-electron chi connectivity index (χ0n) is 14.6. The van der Waals surface area contributed by atoms with Crippen molar-refractivity contribution < 1.29 is 17.9 Å². The van der Waals surface area contributed by atoms with Crippen LogP contribution in [0, 0.1) is 18.8 Å². The second kappa shape index (κ2) is 8.84. The Kier molecular flexibility index (Phi) is 6.80. The van der Waals surface area contributed by atoms with Crippen LogP contribution in [-0.4, -0.2) is 38.4 Å². The van der Waals surface area contributed by atoms with Gasteiger partial charge < -0.3 is 4.74 Å². The lowest BCUT2D eigenvalue weighted by Crippen LogP contribution is -2.34. The van der Waals surface area contributed by atoms with E-state index in [2.05, 4.69) is 17.9 Å². The SMILES string of the molecule is CC(=O)OCC#CCCN(CC1=CCC1)S(=O)(=O)c1ccc(C)cc1. The average molecular weight is 361 g/mol. The molecule has 0 radical (unpaired) electrons. The maximum atomic E-state index is 12.9. The molecule has 0 bridgehead atoms. The van der Waals surface area contributed by atoms with Gasteiger partial charge in [-0.05, 0) is 31.9 Å². The van der Waals surface area contributed by atoms with Crippen molar-refractivity contribution in [1.82, 2.24) is 4.31 Å². The second-order valence-electron chi connectivity index (χ2n) is 5.94. The smallest absolute Gasteiger partial charge is 0.303 e. The van der Waals surface area contributed by atoms with Gasteiger partial charge in [0.25, 0.3) is 0 Å². The number of rotatable bonds is 7. The molecule has 0 saturated carbocycles. The van der Waals surface area contributed by atoms with Crippen molar-refractivity contribution in [3.8, 4) is 11.8 Å². The summed E-state index contributed by atoms with van der Waals surface area (Å²) in [7, 11) is -3.56. The van der Waals surface area contributed by atoms with Crippen LogP contribution in [0.1, 0.15) is 31.7 Å². The van der Waals surface area contributed by atoms with Gasteiger partial charge in [0.1, 0.15) is 0 Å². The zero-order valence-corrected chi connectivity index (χ0v) is 15.4. The molecular formula is C19H23NO4S. The topological polar surface area (TPSA) is 63.7 Å². The number of sulfonamides is 1. The van der Waals surface area contributed by atoms with Crippen molar-refractivity contribution in [2.45, 2.75) is 38.0 Å². The molecule has 0 unspecified atom stereocenters. The maximum Gasteiger partial charge on any atom is 0.303 e. The van der Waals surface area contributed by atoms with E-state index in [-0.39, 0.29) is 12.6 Å². The van der Waals surface area contributed by atoms with Gasteiger partial charge in [0, 0.05) is 26.4 Å². The van der Waals surface area contributed by atoms with Gasteiger partial charge in [-0.15, -0.1) is 0 Å². The van der Waals surface area contributed by atoms with Gasteiger partial charge in [-0.2, -0.15) is 4.31 Å². The van der Waals surface area contributed by atoms with E-state index in [1.807, 2.05) is 6.92 Å². The van der Waals surface area contributed by atoms with Crippen LogP contribution in [0.3, 0.4) is 0 Å². The number of benzene rings is 1. The van der Waals surface area contributed by atoms with Gasteiger partial charge in [0.05, 0.1) is 4.90 Å². The van der Waals surface area contributed by atoms with E-state index in [1.54, 1.807) is 24.3 Å². The first-order valence-corrected chi connectivity index (χ1v) is 9.67. The third kappa shape index (κ3) is 5.73. The number of allylic oxidation sites excluding steroid dienone is 1. The molecule has 0 saturated heterocycles. The van der Waals surface area contributed by atoms with Crippen LogP contribution >= 0.6 is 0 Å². The summed E-state index contributed by atoms with van der Waals surface area (Å²) < 4.78 is 32.0. The summed E-state index contributed by atoms with van der Waals surface area (Å²) in [5.74, 6) is 5.20. The molecule has 0 amide bonds. The van der Waals surface area contributed by atoms with Gasteiger partial charge in [-0.3, -0.25) is 4.79 Å². The number of hydrogen-bond donors (Lipinski definition) is 0. The standard InChI is InChI=1S/C19H23NO4S/c1-16-9-11-19(12-10-16)25(22,23)20(15-18-7-6-8-18)13-4-3-5-14-24-17(2)21/h7,9-12H,4,6,8,13-15H2,1-2H3. The highest BCUT2D eigenvalue weighted by Gasteiger charge is 2.25. The minimum Gasteiger partial charge on any atom is -0.453 e. The molecule has 134 valence electrons. The minimum atomic E-state index is -3.56. The Balaban J connectivity index is 2.06. The normalized spacial score (nSPS) is 13.5. The van der Waals surface area contributed by atoms with Crippen molar-refractivity contribution in [3.63, 3.8) is 0 Å². The van der Waals surface area contributed by atoms with Crippen LogP contribution in [-0.2, 0) is 19.6 Å². The number of hydrogen-bond acceptors (Lipinski definition) is 4. The predicted molar refractivity (Wildman–Crippen MR) is 96.3 cm³/mol. The molecular weight excluding hydrogens is 338 g/mol. The van der Waals surface area contributed by atoms with E-state index in [4.69, 9.17) is 4.74 Å². The van der Waals surface area contributed by atoms with Crippen LogP contribution in [0.4, 0.5) is 0 Å². The average Bonchev–Trinajstić information content (AvgIpc) is 2.51. The molecule has 0 N–H and O–H groups in total. The fourth-order valence-corrected chi connectivity index (χ4v) is 3.77. The molecule has 0 heterocycles. The molecule has 1 aromatic carbocycles. The highest BCUT2D eigenvalue weighted by molar-refractivity contribution is 7.89. The maximum absolute atomic E-state index is 12.9. The quantitative estimate of drug-likeness (QED) is 0.425. The van der Waals surface area contributed by atoms with Gasteiger partial charge in [-0.1, -0.05) is 41.2 Å². The number of nitrogens with zero attached hydrogens (tertiary/aromatic N) is 1. The third-order valence-electron chi connectivity index (χ3n) is 3.90. The van der Waals surface area contributed by atoms with E-state index < -0.39 is 10.0 Å². The van der Waals surface area contributed by atoms with Crippen molar-refractivity contribution in [3.05, 3.63) is 41.5 Å². The molecule has 1 aromatic rings. The number of carbonyl (C=O) groups is 1. The molecule has 0 spiro atoms. The van der Waals surface area contributed by atoms with Gasteiger partial charge >= 0.3 is 5.97 Å². The summed E-state index contributed by atoms with van der Waals surface area (Å²) in [4.78, 5) is 11.0. The zero-order chi connectivity index (χ0) is 18.3. The van der Waals surface area contributed by atoms with Crippen molar-refractivity contribution in [2.24, 2.45) is 0 Å². The Morgan fingerprint density at radius 3 is 2.48 bits per heavy atom. The fraction of sp³-hybridized carbons (Fsp3) is 0.421. The lowest BCUT2D eigenvalue weighted by Gasteiger charge is -2.25. The van der Waals surface area contributed by atoms with Crippen LogP contribution in [0.2, 0.25) is 0 Å². The Morgan fingerprint density at radius 2 is 1.92 bits per heavy atom. The molecule has 2 rings (SSSR count).